The molecule has 0 radical (unpaired) electrons. The minimum absolute atomic E-state index is 0.190. The highest BCUT2D eigenvalue weighted by Gasteiger charge is 2.38. The molecule has 21 heavy (non-hydrogen) atoms. The second kappa shape index (κ2) is 5.58. The maximum absolute atomic E-state index is 12.4. The number of nitrogens with two attached hydrogens (primary N) is 1. The second-order valence-electron chi connectivity index (χ2n) is 5.98. The summed E-state index contributed by atoms with van der Waals surface area (Å²) in [6, 6.07) is 7.37. The van der Waals surface area contributed by atoms with Gasteiger partial charge < -0.3 is 5.73 Å². The number of amides is 2. The zero-order valence-electron chi connectivity index (χ0n) is 12.3. The van der Waals surface area contributed by atoms with Crippen LogP contribution in [0.1, 0.15) is 40.0 Å². The summed E-state index contributed by atoms with van der Waals surface area (Å²) >= 11 is 0. The standard InChI is InChI=1S/C16H21N3O2/c1-18(14-8-4-5-11(14)9-17)10-19-15(20)12-6-2-3-7-13(12)16(19)21/h2-3,6-7,11,14H,4-5,8-10,17H2,1H3. The Kier molecular flexibility index (Phi) is 3.78. The molecule has 1 aliphatic heterocycles. The number of hydrogen-bond acceptors (Lipinski definition) is 4. The van der Waals surface area contributed by atoms with Crippen molar-refractivity contribution >= 4 is 11.8 Å². The Hall–Kier alpha value is -1.72. The molecule has 0 aromatic heterocycles. The normalized spacial score (nSPS) is 25.0. The van der Waals surface area contributed by atoms with Crippen LogP contribution in [0.5, 0.6) is 0 Å². The molecule has 1 saturated carbocycles. The number of carbonyl (C=O) groups is 2. The van der Waals surface area contributed by atoms with E-state index in [1.165, 1.54) is 11.3 Å². The van der Waals surface area contributed by atoms with E-state index in [1.54, 1.807) is 24.3 Å². The van der Waals surface area contributed by atoms with E-state index >= 15 is 0 Å². The van der Waals surface area contributed by atoms with E-state index in [0.29, 0.717) is 36.3 Å². The fourth-order valence-corrected chi connectivity index (χ4v) is 3.57. The summed E-state index contributed by atoms with van der Waals surface area (Å²) < 4.78 is 0. The van der Waals surface area contributed by atoms with Gasteiger partial charge in [0.2, 0.25) is 0 Å². The van der Waals surface area contributed by atoms with Gasteiger partial charge in [0.25, 0.3) is 11.8 Å². The summed E-state index contributed by atoms with van der Waals surface area (Å²) in [7, 11) is 1.97. The van der Waals surface area contributed by atoms with Crippen LogP contribution in [0, 0.1) is 5.92 Å². The maximum atomic E-state index is 12.4. The molecule has 2 amide bonds. The number of imide groups is 1. The highest BCUT2D eigenvalue weighted by molar-refractivity contribution is 6.21. The number of nitrogens with zero attached hydrogens (tertiary/aromatic N) is 2. The van der Waals surface area contributed by atoms with Crippen molar-refractivity contribution in [1.82, 2.24) is 9.80 Å². The monoisotopic (exact) mass is 287 g/mol. The lowest BCUT2D eigenvalue weighted by Crippen LogP contribution is -2.46. The number of hydrogen-bond donors (Lipinski definition) is 1. The molecule has 2 unspecified atom stereocenters. The predicted octanol–water partition coefficient (Wildman–Crippen LogP) is 1.30. The van der Waals surface area contributed by atoms with E-state index < -0.39 is 0 Å². The third kappa shape index (κ3) is 2.36. The van der Waals surface area contributed by atoms with Gasteiger partial charge in [-0.15, -0.1) is 0 Å². The van der Waals surface area contributed by atoms with Crippen LogP contribution in [0.4, 0.5) is 0 Å². The molecule has 1 aliphatic carbocycles. The van der Waals surface area contributed by atoms with E-state index in [1.807, 2.05) is 7.05 Å². The molecule has 0 saturated heterocycles. The van der Waals surface area contributed by atoms with Crippen molar-refractivity contribution in [2.75, 3.05) is 20.3 Å². The molecule has 1 aromatic carbocycles. The first-order chi connectivity index (χ1) is 10.1. The summed E-state index contributed by atoms with van der Waals surface area (Å²) in [5, 5.41) is 0. The molecule has 2 aliphatic rings. The molecule has 3 rings (SSSR count). The Morgan fingerprint density at radius 2 is 1.81 bits per heavy atom. The molecule has 0 spiro atoms. The van der Waals surface area contributed by atoms with Crippen molar-refractivity contribution in [1.29, 1.82) is 0 Å². The van der Waals surface area contributed by atoms with Crippen molar-refractivity contribution in [3.8, 4) is 0 Å². The van der Waals surface area contributed by atoms with Gasteiger partial charge in [-0.25, -0.2) is 0 Å². The molecule has 5 heteroatoms. The molecule has 1 fully saturated rings. The van der Waals surface area contributed by atoms with Gasteiger partial charge >= 0.3 is 0 Å². The first kappa shape index (κ1) is 14.2. The Morgan fingerprint density at radius 1 is 1.19 bits per heavy atom. The third-order valence-electron chi connectivity index (χ3n) is 4.73. The van der Waals surface area contributed by atoms with Gasteiger partial charge in [-0.05, 0) is 44.5 Å². The topological polar surface area (TPSA) is 66.6 Å². The van der Waals surface area contributed by atoms with E-state index in [2.05, 4.69) is 4.90 Å². The van der Waals surface area contributed by atoms with Crippen LogP contribution in [0.25, 0.3) is 0 Å². The zero-order chi connectivity index (χ0) is 15.0. The Labute approximate surface area is 124 Å². The minimum Gasteiger partial charge on any atom is -0.330 e. The number of fused-ring (bicyclic) bond motifs is 1. The molecule has 1 aromatic rings. The van der Waals surface area contributed by atoms with Gasteiger partial charge in [-0.2, -0.15) is 0 Å². The van der Waals surface area contributed by atoms with Crippen molar-refractivity contribution in [2.24, 2.45) is 11.7 Å². The molecule has 1 heterocycles. The van der Waals surface area contributed by atoms with Gasteiger partial charge in [0.05, 0.1) is 17.8 Å². The van der Waals surface area contributed by atoms with E-state index in [4.69, 9.17) is 5.73 Å². The molecule has 2 atom stereocenters. The quantitative estimate of drug-likeness (QED) is 0.848. The molecular formula is C16H21N3O2. The van der Waals surface area contributed by atoms with E-state index in [0.717, 1.165) is 12.8 Å². The van der Waals surface area contributed by atoms with Gasteiger partial charge in [0, 0.05) is 6.04 Å². The van der Waals surface area contributed by atoms with Gasteiger partial charge in [0.15, 0.2) is 0 Å². The Bertz CT molecular complexity index is 537. The maximum Gasteiger partial charge on any atom is 0.262 e. The average molecular weight is 287 g/mol. The first-order valence-corrected chi connectivity index (χ1v) is 7.49. The summed E-state index contributed by atoms with van der Waals surface area (Å²) in [5.74, 6) is 0.0830. The zero-order valence-corrected chi connectivity index (χ0v) is 12.3. The Morgan fingerprint density at radius 3 is 2.38 bits per heavy atom. The van der Waals surface area contributed by atoms with Crippen LogP contribution < -0.4 is 5.73 Å². The van der Waals surface area contributed by atoms with E-state index in [9.17, 15) is 9.59 Å². The van der Waals surface area contributed by atoms with Crippen molar-refractivity contribution < 1.29 is 9.59 Å². The summed E-state index contributed by atoms with van der Waals surface area (Å²) in [6.07, 6.45) is 3.38. The van der Waals surface area contributed by atoms with Crippen LogP contribution in [0.2, 0.25) is 0 Å². The van der Waals surface area contributed by atoms with Crippen LogP contribution in [-0.4, -0.2) is 47.9 Å². The summed E-state index contributed by atoms with van der Waals surface area (Å²) in [6.45, 7) is 1.00. The van der Waals surface area contributed by atoms with Crippen molar-refractivity contribution in [3.63, 3.8) is 0 Å². The van der Waals surface area contributed by atoms with Crippen LogP contribution in [0.15, 0.2) is 24.3 Å². The van der Waals surface area contributed by atoms with Gasteiger partial charge in [0.1, 0.15) is 0 Å². The number of carbonyl (C=O) groups excluding carboxylic acids is 2. The van der Waals surface area contributed by atoms with Crippen LogP contribution in [0.3, 0.4) is 0 Å². The van der Waals surface area contributed by atoms with E-state index in [-0.39, 0.29) is 11.8 Å². The summed E-state index contributed by atoms with van der Waals surface area (Å²) in [5.41, 5.74) is 6.84. The second-order valence-corrected chi connectivity index (χ2v) is 5.98. The molecular weight excluding hydrogens is 266 g/mol. The minimum atomic E-state index is -0.190. The largest absolute Gasteiger partial charge is 0.330 e. The first-order valence-electron chi connectivity index (χ1n) is 7.49. The number of rotatable bonds is 4. The van der Waals surface area contributed by atoms with Crippen molar-refractivity contribution in [3.05, 3.63) is 35.4 Å². The smallest absolute Gasteiger partial charge is 0.262 e. The highest BCUT2D eigenvalue weighted by Crippen LogP contribution is 2.30. The molecule has 112 valence electrons. The lowest BCUT2D eigenvalue weighted by molar-refractivity contribution is 0.0501. The summed E-state index contributed by atoms with van der Waals surface area (Å²) in [4.78, 5) is 28.2. The van der Waals surface area contributed by atoms with Gasteiger partial charge in [-0.3, -0.25) is 19.4 Å². The fraction of sp³-hybridized carbons (Fsp3) is 0.500. The lowest BCUT2D eigenvalue weighted by Gasteiger charge is -2.31. The lowest BCUT2D eigenvalue weighted by atomic mass is 10.0. The molecule has 2 N–H and O–H groups in total. The van der Waals surface area contributed by atoms with Crippen LogP contribution >= 0.6 is 0 Å². The molecule has 0 bridgehead atoms. The third-order valence-corrected chi connectivity index (χ3v) is 4.73. The van der Waals surface area contributed by atoms with Gasteiger partial charge in [-0.1, -0.05) is 18.6 Å². The highest BCUT2D eigenvalue weighted by atomic mass is 16.2. The van der Waals surface area contributed by atoms with Crippen molar-refractivity contribution in [2.45, 2.75) is 25.3 Å². The number of benzene rings is 1. The fourth-order valence-electron chi connectivity index (χ4n) is 3.57. The van der Waals surface area contributed by atoms with Crippen LogP contribution in [-0.2, 0) is 0 Å². The average Bonchev–Trinajstić information content (AvgIpc) is 3.07. The predicted molar refractivity (Wildman–Crippen MR) is 79.8 cm³/mol. The Balaban J connectivity index is 1.74. The molecule has 5 nitrogen and oxygen atoms in total. The SMILES string of the molecule is CN(CN1C(=O)c2ccccc2C1=O)C1CCCC1CN.